The molecule has 0 aliphatic carbocycles. The molecule has 1 aliphatic rings. The number of hydrogen-bond acceptors (Lipinski definition) is 5. The summed E-state index contributed by atoms with van der Waals surface area (Å²) in [4.78, 5) is 25.2. The Balaban J connectivity index is 1.67. The predicted molar refractivity (Wildman–Crippen MR) is 125 cm³/mol. The van der Waals surface area contributed by atoms with Gasteiger partial charge < -0.3 is 20.3 Å². The van der Waals surface area contributed by atoms with Crippen LogP contribution in [0.15, 0.2) is 66.7 Å². The van der Waals surface area contributed by atoms with Gasteiger partial charge in [0.2, 0.25) is 0 Å². The van der Waals surface area contributed by atoms with E-state index in [1.165, 1.54) is 6.07 Å². The van der Waals surface area contributed by atoms with Crippen LogP contribution in [0.25, 0.3) is 0 Å². The molecule has 176 valence electrons. The number of amides is 1. The van der Waals surface area contributed by atoms with Gasteiger partial charge in [0.05, 0.1) is 5.56 Å². The molecule has 1 aliphatic heterocycles. The topological polar surface area (TPSA) is 95.9 Å². The van der Waals surface area contributed by atoms with Gasteiger partial charge in [-0.2, -0.15) is 0 Å². The lowest BCUT2D eigenvalue weighted by atomic mass is 9.73. The van der Waals surface area contributed by atoms with Crippen molar-refractivity contribution in [3.05, 3.63) is 94.8 Å². The van der Waals surface area contributed by atoms with E-state index in [0.29, 0.717) is 16.8 Å². The second kappa shape index (κ2) is 8.91. The summed E-state index contributed by atoms with van der Waals surface area (Å²) < 4.78 is 18.9. The number of fused-ring (bicyclic) bond motifs is 1. The second-order valence-corrected chi connectivity index (χ2v) is 9.31. The van der Waals surface area contributed by atoms with Gasteiger partial charge in [0.25, 0.3) is 5.91 Å². The minimum absolute atomic E-state index is 0.00165. The van der Waals surface area contributed by atoms with E-state index in [0.717, 1.165) is 17.7 Å². The van der Waals surface area contributed by atoms with Gasteiger partial charge in [0.1, 0.15) is 23.8 Å². The van der Waals surface area contributed by atoms with Crippen LogP contribution in [0.5, 0.6) is 5.75 Å². The highest BCUT2D eigenvalue weighted by atomic mass is 19.1. The molecule has 3 N–H and O–H groups in total. The number of aromatic hydroxyl groups is 1. The van der Waals surface area contributed by atoms with Crippen LogP contribution in [-0.4, -0.2) is 27.7 Å². The van der Waals surface area contributed by atoms with Gasteiger partial charge in [-0.05, 0) is 53.8 Å². The van der Waals surface area contributed by atoms with Crippen molar-refractivity contribution in [1.82, 2.24) is 0 Å². The van der Waals surface area contributed by atoms with Crippen molar-refractivity contribution in [2.24, 2.45) is 0 Å². The first-order chi connectivity index (χ1) is 16.1. The van der Waals surface area contributed by atoms with Gasteiger partial charge in [-0.15, -0.1) is 0 Å². The van der Waals surface area contributed by atoms with Gasteiger partial charge in [0.15, 0.2) is 0 Å². The molecule has 0 aromatic heterocycles. The van der Waals surface area contributed by atoms with E-state index in [1.807, 2.05) is 44.2 Å². The number of aliphatic hydroxyl groups is 1. The van der Waals surface area contributed by atoms with Crippen molar-refractivity contribution in [1.29, 1.82) is 0 Å². The predicted octanol–water partition coefficient (Wildman–Crippen LogP) is 4.48. The van der Waals surface area contributed by atoms with Crippen molar-refractivity contribution in [2.75, 3.05) is 5.32 Å². The Labute approximate surface area is 197 Å². The summed E-state index contributed by atoms with van der Waals surface area (Å²) in [5.74, 6) is -1.92. The number of ether oxygens (including phenoxy) is 1. The van der Waals surface area contributed by atoms with Crippen LogP contribution in [0.3, 0.4) is 0 Å². The Morgan fingerprint density at radius 1 is 1.09 bits per heavy atom. The van der Waals surface area contributed by atoms with Gasteiger partial charge in [-0.1, -0.05) is 44.2 Å². The Hall–Kier alpha value is -3.71. The maximum absolute atomic E-state index is 13.9. The fraction of sp³-hybridized carbons (Fsp3) is 0.259. The molecular weight excluding hydrogens is 437 g/mol. The van der Waals surface area contributed by atoms with Crippen molar-refractivity contribution >= 4 is 17.6 Å². The highest BCUT2D eigenvalue weighted by Crippen LogP contribution is 2.36. The van der Waals surface area contributed by atoms with Gasteiger partial charge >= 0.3 is 5.97 Å². The normalized spacial score (nSPS) is 14.8. The third kappa shape index (κ3) is 4.79. The lowest BCUT2D eigenvalue weighted by Crippen LogP contribution is -2.49. The molecule has 0 radical (unpaired) electrons. The molecule has 1 unspecified atom stereocenters. The van der Waals surface area contributed by atoms with Crippen molar-refractivity contribution in [2.45, 2.75) is 44.3 Å². The third-order valence-corrected chi connectivity index (χ3v) is 6.18. The van der Waals surface area contributed by atoms with Crippen LogP contribution >= 0.6 is 0 Å². The standard InChI is InChI=1S/C27H26FNO5/c1-26(2,19-6-4-3-5-7-19)16-27(33,14-17-12-20(28)8-11-23(17)30)25(32)29-21-9-10-22-18(13-21)15-34-24(22)31/h3-13,30,33H,14-16H2,1-2H3,(H,29,32). The monoisotopic (exact) mass is 463 g/mol. The molecule has 3 aromatic carbocycles. The molecule has 1 atom stereocenters. The fourth-order valence-corrected chi connectivity index (χ4v) is 4.41. The lowest BCUT2D eigenvalue weighted by molar-refractivity contribution is -0.136. The average Bonchev–Trinajstić information content (AvgIpc) is 3.16. The summed E-state index contributed by atoms with van der Waals surface area (Å²) in [6, 6.07) is 17.6. The number of nitrogens with one attached hydrogen (secondary N) is 1. The average molecular weight is 464 g/mol. The number of phenols is 1. The van der Waals surface area contributed by atoms with E-state index in [2.05, 4.69) is 5.32 Å². The number of halogens is 1. The maximum Gasteiger partial charge on any atom is 0.338 e. The van der Waals surface area contributed by atoms with Crippen LogP contribution in [0.4, 0.5) is 10.1 Å². The quantitative estimate of drug-likeness (QED) is 0.449. The SMILES string of the molecule is CC(C)(CC(O)(Cc1cc(F)ccc1O)C(=O)Nc1ccc2c(c1)COC2=O)c1ccccc1. The molecule has 1 heterocycles. The zero-order valence-corrected chi connectivity index (χ0v) is 19.0. The molecule has 4 rings (SSSR count). The molecule has 7 heteroatoms. The number of esters is 1. The molecule has 0 saturated heterocycles. The summed E-state index contributed by atoms with van der Waals surface area (Å²) >= 11 is 0. The summed E-state index contributed by atoms with van der Waals surface area (Å²) in [5, 5.41) is 24.7. The molecule has 34 heavy (non-hydrogen) atoms. The van der Waals surface area contributed by atoms with Crippen LogP contribution in [0.1, 0.15) is 47.3 Å². The van der Waals surface area contributed by atoms with E-state index in [4.69, 9.17) is 4.74 Å². The van der Waals surface area contributed by atoms with Crippen molar-refractivity contribution in [3.63, 3.8) is 0 Å². The van der Waals surface area contributed by atoms with E-state index >= 15 is 0 Å². The zero-order valence-electron chi connectivity index (χ0n) is 19.0. The Kier molecular flexibility index (Phi) is 6.15. The summed E-state index contributed by atoms with van der Waals surface area (Å²) in [6.07, 6.45) is -0.302. The van der Waals surface area contributed by atoms with Crippen LogP contribution < -0.4 is 5.32 Å². The van der Waals surface area contributed by atoms with Crippen LogP contribution in [-0.2, 0) is 28.0 Å². The van der Waals surface area contributed by atoms with E-state index < -0.39 is 28.7 Å². The smallest absolute Gasteiger partial charge is 0.338 e. The number of carbonyl (C=O) groups is 2. The van der Waals surface area contributed by atoms with E-state index in [-0.39, 0.29) is 30.8 Å². The zero-order chi connectivity index (χ0) is 24.5. The summed E-state index contributed by atoms with van der Waals surface area (Å²) in [7, 11) is 0. The van der Waals surface area contributed by atoms with Crippen molar-refractivity contribution < 1.29 is 28.9 Å². The number of rotatable bonds is 7. The molecular formula is C27H26FNO5. The minimum Gasteiger partial charge on any atom is -0.508 e. The number of benzene rings is 3. The third-order valence-electron chi connectivity index (χ3n) is 6.18. The fourth-order valence-electron chi connectivity index (χ4n) is 4.41. The number of anilines is 1. The van der Waals surface area contributed by atoms with E-state index in [1.54, 1.807) is 18.2 Å². The maximum atomic E-state index is 13.9. The second-order valence-electron chi connectivity index (χ2n) is 9.31. The molecule has 0 spiro atoms. The molecule has 0 fully saturated rings. The number of phenolic OH excluding ortho intramolecular Hbond substituents is 1. The Bertz CT molecular complexity index is 1240. The lowest BCUT2D eigenvalue weighted by Gasteiger charge is -2.36. The van der Waals surface area contributed by atoms with Gasteiger partial charge in [-0.25, -0.2) is 9.18 Å². The molecule has 0 bridgehead atoms. The molecule has 1 amide bonds. The Morgan fingerprint density at radius 3 is 2.56 bits per heavy atom. The largest absolute Gasteiger partial charge is 0.508 e. The molecule has 6 nitrogen and oxygen atoms in total. The number of carbonyl (C=O) groups excluding carboxylic acids is 2. The first-order valence-corrected chi connectivity index (χ1v) is 10.9. The van der Waals surface area contributed by atoms with Crippen molar-refractivity contribution in [3.8, 4) is 5.75 Å². The first kappa shape index (κ1) is 23.4. The van der Waals surface area contributed by atoms with Gasteiger partial charge in [-0.3, -0.25) is 4.79 Å². The highest BCUT2D eigenvalue weighted by molar-refractivity contribution is 5.99. The first-order valence-electron chi connectivity index (χ1n) is 10.9. The minimum atomic E-state index is -1.99. The van der Waals surface area contributed by atoms with Gasteiger partial charge in [0, 0.05) is 23.2 Å². The summed E-state index contributed by atoms with van der Waals surface area (Å²) in [6.45, 7) is 3.93. The van der Waals surface area contributed by atoms with Crippen LogP contribution in [0, 0.1) is 5.82 Å². The molecule has 3 aromatic rings. The van der Waals surface area contributed by atoms with E-state index in [9.17, 15) is 24.2 Å². The summed E-state index contributed by atoms with van der Waals surface area (Å²) in [5.41, 5.74) is -0.125. The highest BCUT2D eigenvalue weighted by Gasteiger charge is 2.42. The number of cyclic esters (lactones) is 1. The Morgan fingerprint density at radius 2 is 1.82 bits per heavy atom. The molecule has 0 saturated carbocycles. The van der Waals surface area contributed by atoms with Crippen LogP contribution in [0.2, 0.25) is 0 Å². The number of hydrogen-bond donors (Lipinski definition) is 3.